The molecule has 1 aromatic rings. The highest BCUT2D eigenvalue weighted by Gasteiger charge is 2.02. The molecule has 0 bridgehead atoms. The second-order valence-electron chi connectivity index (χ2n) is 3.66. The summed E-state index contributed by atoms with van der Waals surface area (Å²) in [6, 6.07) is 7.17. The fourth-order valence-corrected chi connectivity index (χ4v) is 1.41. The third kappa shape index (κ3) is 4.29. The van der Waals surface area contributed by atoms with Gasteiger partial charge in [-0.05, 0) is 17.7 Å². The summed E-state index contributed by atoms with van der Waals surface area (Å²) in [6.07, 6.45) is 1.75. The van der Waals surface area contributed by atoms with E-state index in [0.29, 0.717) is 24.6 Å². The number of hydrogen-bond acceptors (Lipinski definition) is 2. The molecule has 5 nitrogen and oxygen atoms in total. The lowest BCUT2D eigenvalue weighted by atomic mass is 10.1. The maximum atomic E-state index is 11.0. The van der Waals surface area contributed by atoms with Crippen LogP contribution in [0.15, 0.2) is 41.9 Å². The molecule has 1 rings (SSSR count). The molecule has 0 saturated carbocycles. The Morgan fingerprint density at radius 1 is 1.50 bits per heavy atom. The van der Waals surface area contributed by atoms with Crippen molar-refractivity contribution < 1.29 is 4.79 Å². The van der Waals surface area contributed by atoms with Gasteiger partial charge in [-0.25, -0.2) is 0 Å². The van der Waals surface area contributed by atoms with Crippen molar-refractivity contribution in [2.45, 2.75) is 6.54 Å². The molecular formula is C13H18N4O. The number of nitrogens with one attached hydrogen (secondary N) is 2. The fourth-order valence-electron chi connectivity index (χ4n) is 1.41. The minimum atomic E-state index is -0.425. The largest absolute Gasteiger partial charge is 0.366 e. The van der Waals surface area contributed by atoms with Crippen LogP contribution in [0.25, 0.3) is 0 Å². The van der Waals surface area contributed by atoms with Gasteiger partial charge >= 0.3 is 0 Å². The first kappa shape index (κ1) is 13.8. The van der Waals surface area contributed by atoms with Crippen molar-refractivity contribution in [3.8, 4) is 0 Å². The number of hydrogen-bond donors (Lipinski definition) is 3. The van der Waals surface area contributed by atoms with Crippen LogP contribution < -0.4 is 16.4 Å². The van der Waals surface area contributed by atoms with Crippen LogP contribution in [0.2, 0.25) is 0 Å². The van der Waals surface area contributed by atoms with Gasteiger partial charge in [-0.3, -0.25) is 9.79 Å². The van der Waals surface area contributed by atoms with Crippen molar-refractivity contribution in [3.05, 3.63) is 48.0 Å². The number of guanidine groups is 1. The third-order valence-electron chi connectivity index (χ3n) is 2.31. The molecule has 0 aromatic heterocycles. The first-order valence-corrected chi connectivity index (χ1v) is 5.61. The lowest BCUT2D eigenvalue weighted by Gasteiger charge is -2.10. The fraction of sp³-hybridized carbons (Fsp3) is 0.231. The Hall–Kier alpha value is -2.30. The molecule has 96 valence electrons. The molecule has 0 fully saturated rings. The van der Waals surface area contributed by atoms with E-state index in [1.165, 1.54) is 0 Å². The quantitative estimate of drug-likeness (QED) is 0.405. The number of carbonyl (C=O) groups is 1. The van der Waals surface area contributed by atoms with Crippen LogP contribution in [0.1, 0.15) is 15.9 Å². The number of carbonyl (C=O) groups excluding carboxylic acids is 1. The monoisotopic (exact) mass is 246 g/mol. The molecule has 0 saturated heterocycles. The first-order valence-electron chi connectivity index (χ1n) is 5.61. The average molecular weight is 246 g/mol. The molecule has 1 amide bonds. The van der Waals surface area contributed by atoms with E-state index >= 15 is 0 Å². The smallest absolute Gasteiger partial charge is 0.248 e. The Morgan fingerprint density at radius 2 is 2.28 bits per heavy atom. The maximum absolute atomic E-state index is 11.0. The van der Waals surface area contributed by atoms with Gasteiger partial charge in [0.05, 0.1) is 0 Å². The molecule has 0 atom stereocenters. The third-order valence-corrected chi connectivity index (χ3v) is 2.31. The molecule has 1 aromatic carbocycles. The van der Waals surface area contributed by atoms with Gasteiger partial charge in [0.15, 0.2) is 5.96 Å². The van der Waals surface area contributed by atoms with Gasteiger partial charge in [-0.15, -0.1) is 6.58 Å². The van der Waals surface area contributed by atoms with E-state index in [9.17, 15) is 4.79 Å². The molecule has 0 spiro atoms. The van der Waals surface area contributed by atoms with Crippen LogP contribution >= 0.6 is 0 Å². The zero-order valence-corrected chi connectivity index (χ0v) is 10.4. The molecule has 0 aliphatic rings. The minimum Gasteiger partial charge on any atom is -0.366 e. The summed E-state index contributed by atoms with van der Waals surface area (Å²) >= 11 is 0. The van der Waals surface area contributed by atoms with Gasteiger partial charge in [0.1, 0.15) is 0 Å². The number of amides is 1. The number of benzene rings is 1. The van der Waals surface area contributed by atoms with Gasteiger partial charge in [0.25, 0.3) is 0 Å². The summed E-state index contributed by atoms with van der Waals surface area (Å²) in [4.78, 5) is 15.1. The zero-order chi connectivity index (χ0) is 13.4. The predicted octanol–water partition coefficient (Wildman–Crippen LogP) is 0.636. The Labute approximate surface area is 107 Å². The van der Waals surface area contributed by atoms with E-state index in [1.54, 1.807) is 31.3 Å². The number of nitrogens with zero attached hydrogens (tertiary/aromatic N) is 1. The SMILES string of the molecule is C=CCNC(=NC)NCc1cccc(C(N)=O)c1. The van der Waals surface area contributed by atoms with Crippen molar-refractivity contribution in [1.82, 2.24) is 10.6 Å². The highest BCUT2D eigenvalue weighted by molar-refractivity contribution is 5.92. The standard InChI is InChI=1S/C13H18N4O/c1-3-7-16-13(15-2)17-9-10-5-4-6-11(8-10)12(14)18/h3-6,8H,1,7,9H2,2H3,(H2,14,18)(H2,15,16,17). The average Bonchev–Trinajstić information content (AvgIpc) is 2.39. The van der Waals surface area contributed by atoms with Crippen molar-refractivity contribution in [2.24, 2.45) is 10.7 Å². The normalized spacial score (nSPS) is 10.8. The molecule has 0 radical (unpaired) electrons. The first-order chi connectivity index (χ1) is 8.67. The van der Waals surface area contributed by atoms with Gasteiger partial charge in [0, 0.05) is 25.7 Å². The van der Waals surface area contributed by atoms with Crippen molar-refractivity contribution in [1.29, 1.82) is 0 Å². The van der Waals surface area contributed by atoms with Crippen LogP contribution in [0.3, 0.4) is 0 Å². The molecule has 0 aliphatic heterocycles. The predicted molar refractivity (Wildman–Crippen MR) is 73.4 cm³/mol. The van der Waals surface area contributed by atoms with Gasteiger partial charge in [-0.2, -0.15) is 0 Å². The maximum Gasteiger partial charge on any atom is 0.248 e. The summed E-state index contributed by atoms with van der Waals surface area (Å²) in [5.74, 6) is 0.255. The zero-order valence-electron chi connectivity index (χ0n) is 10.4. The number of primary amides is 1. The second-order valence-corrected chi connectivity index (χ2v) is 3.66. The van der Waals surface area contributed by atoms with Gasteiger partial charge < -0.3 is 16.4 Å². The molecule has 0 aliphatic carbocycles. The lowest BCUT2D eigenvalue weighted by molar-refractivity contribution is 0.1000. The van der Waals surface area contributed by atoms with E-state index in [4.69, 9.17) is 5.73 Å². The summed E-state index contributed by atoms with van der Waals surface area (Å²) < 4.78 is 0. The Kier molecular flexibility index (Phi) is 5.44. The van der Waals surface area contributed by atoms with Crippen LogP contribution in [-0.4, -0.2) is 25.5 Å². The Balaban J connectivity index is 2.59. The molecule has 18 heavy (non-hydrogen) atoms. The van der Waals surface area contributed by atoms with Crippen molar-refractivity contribution in [3.63, 3.8) is 0 Å². The van der Waals surface area contributed by atoms with E-state index in [-0.39, 0.29) is 0 Å². The lowest BCUT2D eigenvalue weighted by Crippen LogP contribution is -2.36. The molecular weight excluding hydrogens is 228 g/mol. The van der Waals surface area contributed by atoms with Crippen LogP contribution in [0.4, 0.5) is 0 Å². The van der Waals surface area contributed by atoms with Crippen molar-refractivity contribution in [2.75, 3.05) is 13.6 Å². The van der Waals surface area contributed by atoms with Crippen LogP contribution in [0.5, 0.6) is 0 Å². The Morgan fingerprint density at radius 3 is 2.89 bits per heavy atom. The summed E-state index contributed by atoms with van der Waals surface area (Å²) in [7, 11) is 1.69. The summed E-state index contributed by atoms with van der Waals surface area (Å²) in [5.41, 5.74) is 6.69. The number of aliphatic imine (C=N–C) groups is 1. The number of nitrogens with two attached hydrogens (primary N) is 1. The van der Waals surface area contributed by atoms with Crippen molar-refractivity contribution >= 4 is 11.9 Å². The summed E-state index contributed by atoms with van der Waals surface area (Å²) in [6.45, 7) is 4.83. The second kappa shape index (κ2) is 7.11. The van der Waals surface area contributed by atoms with Crippen LogP contribution in [0, 0.1) is 0 Å². The number of rotatable bonds is 5. The Bertz CT molecular complexity index is 454. The topological polar surface area (TPSA) is 79.5 Å². The van der Waals surface area contributed by atoms with E-state index in [0.717, 1.165) is 5.56 Å². The van der Waals surface area contributed by atoms with Gasteiger partial charge in [0.2, 0.25) is 5.91 Å². The highest BCUT2D eigenvalue weighted by atomic mass is 16.1. The van der Waals surface area contributed by atoms with E-state index in [1.807, 2.05) is 6.07 Å². The van der Waals surface area contributed by atoms with Crippen LogP contribution in [-0.2, 0) is 6.54 Å². The van der Waals surface area contributed by atoms with E-state index < -0.39 is 5.91 Å². The minimum absolute atomic E-state index is 0.425. The molecule has 0 heterocycles. The highest BCUT2D eigenvalue weighted by Crippen LogP contribution is 2.04. The molecule has 0 unspecified atom stereocenters. The molecule has 4 N–H and O–H groups in total. The van der Waals surface area contributed by atoms with Gasteiger partial charge in [-0.1, -0.05) is 18.2 Å². The summed E-state index contributed by atoms with van der Waals surface area (Å²) in [5, 5.41) is 6.18. The van der Waals surface area contributed by atoms with E-state index in [2.05, 4.69) is 22.2 Å². The molecule has 5 heteroatoms.